The third-order valence-electron chi connectivity index (χ3n) is 6.05. The highest BCUT2D eigenvalue weighted by atomic mass is 19.1. The third kappa shape index (κ3) is 3.40. The summed E-state index contributed by atoms with van der Waals surface area (Å²) >= 11 is 0. The van der Waals surface area contributed by atoms with E-state index in [2.05, 4.69) is 26.9 Å². The molecule has 5 rings (SSSR count). The van der Waals surface area contributed by atoms with Gasteiger partial charge in [0.2, 0.25) is 0 Å². The fourth-order valence-electron chi connectivity index (χ4n) is 4.28. The van der Waals surface area contributed by atoms with Crippen LogP contribution in [0, 0.1) is 5.82 Å². The minimum Gasteiger partial charge on any atom is -0.388 e. The second-order valence-corrected chi connectivity index (χ2v) is 8.20. The van der Waals surface area contributed by atoms with E-state index in [0.29, 0.717) is 19.4 Å². The van der Waals surface area contributed by atoms with Crippen molar-refractivity contribution in [2.45, 2.75) is 25.0 Å². The first-order chi connectivity index (χ1) is 14.5. The lowest BCUT2D eigenvalue weighted by atomic mass is 9.91. The van der Waals surface area contributed by atoms with Crippen molar-refractivity contribution in [1.82, 2.24) is 24.4 Å². The Kier molecular flexibility index (Phi) is 4.64. The van der Waals surface area contributed by atoms with E-state index >= 15 is 0 Å². The maximum absolute atomic E-state index is 13.5. The monoisotopic (exact) mass is 405 g/mol. The number of halogens is 1. The Morgan fingerprint density at radius 3 is 2.63 bits per heavy atom. The molecule has 3 aromatic heterocycles. The smallest absolute Gasteiger partial charge is 0.137 e. The highest BCUT2D eigenvalue weighted by Gasteiger charge is 2.33. The highest BCUT2D eigenvalue weighted by Crippen LogP contribution is 2.36. The second-order valence-electron chi connectivity index (χ2n) is 8.20. The molecule has 6 nitrogen and oxygen atoms in total. The number of hydrogen-bond donors (Lipinski definition) is 2. The summed E-state index contributed by atoms with van der Waals surface area (Å²) in [4.78, 5) is 14.5. The molecule has 4 aromatic rings. The van der Waals surface area contributed by atoms with Crippen molar-refractivity contribution in [3.63, 3.8) is 0 Å². The summed E-state index contributed by atoms with van der Waals surface area (Å²) in [5.74, 6) is -0.280. The largest absolute Gasteiger partial charge is 0.388 e. The SMILES string of the molecule is CN1CCC(O)(Cn2cnc(-c3ccc(F)cc3)c2-c2ccnc3[nH]ccc23)CC1. The van der Waals surface area contributed by atoms with Gasteiger partial charge in [-0.1, -0.05) is 0 Å². The normalized spacial score (nSPS) is 16.9. The van der Waals surface area contributed by atoms with Crippen LogP contribution >= 0.6 is 0 Å². The minimum absolute atomic E-state index is 0.280. The van der Waals surface area contributed by atoms with Crippen molar-refractivity contribution < 1.29 is 9.50 Å². The maximum Gasteiger partial charge on any atom is 0.137 e. The molecule has 0 amide bonds. The average molecular weight is 405 g/mol. The average Bonchev–Trinajstić information content (AvgIpc) is 3.38. The van der Waals surface area contributed by atoms with Crippen LogP contribution in [0.25, 0.3) is 33.5 Å². The quantitative estimate of drug-likeness (QED) is 0.543. The van der Waals surface area contributed by atoms with Crippen LogP contribution in [-0.2, 0) is 6.54 Å². The molecule has 1 aliphatic heterocycles. The summed E-state index contributed by atoms with van der Waals surface area (Å²) in [6, 6.07) is 10.3. The van der Waals surface area contributed by atoms with E-state index in [1.807, 2.05) is 22.9 Å². The lowest BCUT2D eigenvalue weighted by molar-refractivity contribution is -0.0287. The Morgan fingerprint density at radius 2 is 1.87 bits per heavy atom. The molecule has 1 aromatic carbocycles. The van der Waals surface area contributed by atoms with Crippen molar-refractivity contribution >= 4 is 11.0 Å². The summed E-state index contributed by atoms with van der Waals surface area (Å²) < 4.78 is 15.5. The van der Waals surface area contributed by atoms with Crippen LogP contribution in [-0.4, -0.2) is 55.3 Å². The van der Waals surface area contributed by atoms with Crippen LogP contribution < -0.4 is 0 Å². The van der Waals surface area contributed by atoms with E-state index in [4.69, 9.17) is 0 Å². The number of imidazole rings is 1. The fraction of sp³-hybridized carbons (Fsp3) is 0.304. The van der Waals surface area contributed by atoms with Crippen LogP contribution in [0.15, 0.2) is 55.1 Å². The summed E-state index contributed by atoms with van der Waals surface area (Å²) in [6.07, 6.45) is 6.84. The predicted molar refractivity (Wildman–Crippen MR) is 114 cm³/mol. The molecular weight excluding hydrogens is 381 g/mol. The number of nitrogens with zero attached hydrogens (tertiary/aromatic N) is 4. The Labute approximate surface area is 174 Å². The molecule has 4 heterocycles. The summed E-state index contributed by atoms with van der Waals surface area (Å²) in [7, 11) is 2.08. The molecule has 0 spiro atoms. The number of H-pyrrole nitrogens is 1. The Balaban J connectivity index is 1.64. The highest BCUT2D eigenvalue weighted by molar-refractivity contribution is 5.95. The zero-order valence-corrected chi connectivity index (χ0v) is 16.8. The molecule has 2 N–H and O–H groups in total. The molecule has 1 fully saturated rings. The number of pyridine rings is 1. The van der Waals surface area contributed by atoms with Gasteiger partial charge in [0.25, 0.3) is 0 Å². The molecule has 0 saturated carbocycles. The fourth-order valence-corrected chi connectivity index (χ4v) is 4.28. The van der Waals surface area contributed by atoms with Crippen molar-refractivity contribution in [1.29, 1.82) is 0 Å². The number of aromatic amines is 1. The first-order valence-corrected chi connectivity index (χ1v) is 10.2. The molecule has 0 bridgehead atoms. The number of aromatic nitrogens is 4. The van der Waals surface area contributed by atoms with Crippen molar-refractivity contribution in [2.75, 3.05) is 20.1 Å². The summed E-state index contributed by atoms with van der Waals surface area (Å²) in [5, 5.41) is 12.2. The van der Waals surface area contributed by atoms with Crippen molar-refractivity contribution in [2.24, 2.45) is 0 Å². The molecule has 0 radical (unpaired) electrons. The Morgan fingerprint density at radius 1 is 1.10 bits per heavy atom. The summed E-state index contributed by atoms with van der Waals surface area (Å²) in [5.41, 5.74) is 3.49. The number of aliphatic hydroxyl groups is 1. The number of hydrogen-bond acceptors (Lipinski definition) is 4. The van der Waals surface area contributed by atoms with Crippen LogP contribution in [0.3, 0.4) is 0 Å². The van der Waals surface area contributed by atoms with Crippen LogP contribution in [0.4, 0.5) is 4.39 Å². The lowest BCUT2D eigenvalue weighted by Gasteiger charge is -2.37. The van der Waals surface area contributed by atoms with Gasteiger partial charge in [-0.2, -0.15) is 0 Å². The standard InChI is InChI=1S/C23H24FN5O/c1-28-12-8-23(30,9-13-28)14-29-15-27-20(16-2-4-17(24)5-3-16)21(29)18-6-10-25-22-19(18)7-11-26-22/h2-7,10-11,15,30H,8-9,12-14H2,1H3,(H,25,26). The molecule has 0 unspecified atom stereocenters. The van der Waals surface area contributed by atoms with Crippen LogP contribution in [0.5, 0.6) is 0 Å². The number of fused-ring (bicyclic) bond motifs is 1. The van der Waals surface area contributed by atoms with Gasteiger partial charge in [0.05, 0.1) is 29.9 Å². The van der Waals surface area contributed by atoms with Gasteiger partial charge in [0.15, 0.2) is 0 Å². The van der Waals surface area contributed by atoms with E-state index < -0.39 is 5.60 Å². The Bertz CT molecular complexity index is 1170. The zero-order valence-electron chi connectivity index (χ0n) is 16.8. The number of likely N-dealkylation sites (tertiary alicyclic amines) is 1. The van der Waals surface area contributed by atoms with E-state index in [0.717, 1.165) is 46.6 Å². The number of piperidine rings is 1. The molecule has 1 aliphatic rings. The van der Waals surface area contributed by atoms with Gasteiger partial charge in [-0.25, -0.2) is 14.4 Å². The maximum atomic E-state index is 13.5. The van der Waals surface area contributed by atoms with Gasteiger partial charge in [0.1, 0.15) is 11.5 Å². The van der Waals surface area contributed by atoms with Gasteiger partial charge in [-0.3, -0.25) is 0 Å². The van der Waals surface area contributed by atoms with E-state index in [9.17, 15) is 9.50 Å². The molecular formula is C23H24FN5O. The third-order valence-corrected chi connectivity index (χ3v) is 6.05. The van der Waals surface area contributed by atoms with Gasteiger partial charge in [-0.15, -0.1) is 0 Å². The first kappa shape index (κ1) is 19.0. The van der Waals surface area contributed by atoms with Crippen molar-refractivity contribution in [3.8, 4) is 22.5 Å². The summed E-state index contributed by atoms with van der Waals surface area (Å²) in [6.45, 7) is 2.18. The van der Waals surface area contributed by atoms with Gasteiger partial charge in [-0.05, 0) is 56.3 Å². The second kappa shape index (κ2) is 7.34. The van der Waals surface area contributed by atoms with Crippen LogP contribution in [0.1, 0.15) is 12.8 Å². The number of nitrogens with one attached hydrogen (secondary N) is 1. The number of benzene rings is 1. The first-order valence-electron chi connectivity index (χ1n) is 10.2. The minimum atomic E-state index is -0.785. The van der Waals surface area contributed by atoms with Crippen LogP contribution in [0.2, 0.25) is 0 Å². The topological polar surface area (TPSA) is 70.0 Å². The van der Waals surface area contributed by atoms with E-state index in [-0.39, 0.29) is 5.82 Å². The molecule has 0 atom stereocenters. The zero-order chi connectivity index (χ0) is 20.7. The van der Waals surface area contributed by atoms with E-state index in [1.165, 1.54) is 12.1 Å². The molecule has 30 heavy (non-hydrogen) atoms. The predicted octanol–water partition coefficient (Wildman–Crippen LogP) is 3.69. The van der Waals surface area contributed by atoms with E-state index in [1.54, 1.807) is 24.7 Å². The molecule has 7 heteroatoms. The number of rotatable bonds is 4. The Hall–Kier alpha value is -3.03. The lowest BCUT2D eigenvalue weighted by Crippen LogP contribution is -2.45. The molecule has 154 valence electrons. The van der Waals surface area contributed by atoms with Crippen molar-refractivity contribution in [3.05, 3.63) is 60.9 Å². The van der Waals surface area contributed by atoms with Gasteiger partial charge in [0, 0.05) is 42.0 Å². The molecule has 1 saturated heterocycles. The van der Waals surface area contributed by atoms with Gasteiger partial charge < -0.3 is 19.6 Å². The van der Waals surface area contributed by atoms with Gasteiger partial charge >= 0.3 is 0 Å². The molecule has 0 aliphatic carbocycles.